The molecule has 0 saturated carbocycles. The van der Waals surface area contributed by atoms with Crippen LogP contribution < -0.4 is 4.74 Å². The lowest BCUT2D eigenvalue weighted by atomic mass is 9.90. The van der Waals surface area contributed by atoms with Crippen molar-refractivity contribution in [2.75, 3.05) is 7.11 Å². The van der Waals surface area contributed by atoms with Gasteiger partial charge in [0.25, 0.3) is 0 Å². The number of hydrogen-bond acceptors (Lipinski definition) is 2. The smallest absolute Gasteiger partial charge is 0.125 e. The molecule has 0 spiro atoms. The third-order valence-electron chi connectivity index (χ3n) is 3.39. The monoisotopic (exact) mass is 255 g/mol. The maximum Gasteiger partial charge on any atom is 0.125 e. The molecule has 0 atom stereocenters. The topological polar surface area (TPSA) is 22.1 Å². The van der Waals surface area contributed by atoms with Crippen molar-refractivity contribution in [3.8, 4) is 5.75 Å². The molecule has 1 aliphatic carbocycles. The fourth-order valence-electron chi connectivity index (χ4n) is 2.48. The molecule has 1 aliphatic rings. The minimum absolute atomic E-state index is 0.223. The van der Waals surface area contributed by atoms with Gasteiger partial charge in [-0.05, 0) is 36.6 Å². The maximum atomic E-state index is 13.0. The summed E-state index contributed by atoms with van der Waals surface area (Å²) in [5.41, 5.74) is 4.12. The number of pyridine rings is 1. The number of ether oxygens (including phenoxy) is 1. The first-order chi connectivity index (χ1) is 9.29. The van der Waals surface area contributed by atoms with Crippen LogP contribution in [0.15, 0.2) is 42.6 Å². The quantitative estimate of drug-likeness (QED) is 0.817. The van der Waals surface area contributed by atoms with Crippen LogP contribution in [0, 0.1) is 5.82 Å². The van der Waals surface area contributed by atoms with Crippen LogP contribution in [0.3, 0.4) is 0 Å². The summed E-state index contributed by atoms with van der Waals surface area (Å²) in [5.74, 6) is 0.650. The van der Waals surface area contributed by atoms with Crippen LogP contribution in [0.4, 0.5) is 4.39 Å². The second-order valence-corrected chi connectivity index (χ2v) is 4.50. The molecule has 0 bridgehead atoms. The molecule has 96 valence electrons. The van der Waals surface area contributed by atoms with Crippen molar-refractivity contribution in [1.29, 1.82) is 0 Å². The molecule has 0 N–H and O–H groups in total. The predicted molar refractivity (Wildman–Crippen MR) is 72.6 cm³/mol. The van der Waals surface area contributed by atoms with Crippen molar-refractivity contribution in [3.63, 3.8) is 0 Å². The Hall–Kier alpha value is -2.16. The minimum Gasteiger partial charge on any atom is -0.496 e. The molecule has 0 saturated heterocycles. The van der Waals surface area contributed by atoms with Crippen LogP contribution >= 0.6 is 0 Å². The Bertz CT molecular complexity index is 632. The van der Waals surface area contributed by atoms with Gasteiger partial charge in [0.1, 0.15) is 11.6 Å². The Kier molecular flexibility index (Phi) is 3.03. The molecule has 1 heterocycles. The Morgan fingerprint density at radius 2 is 1.95 bits per heavy atom. The molecule has 0 fully saturated rings. The van der Waals surface area contributed by atoms with E-state index in [-0.39, 0.29) is 5.82 Å². The molecule has 3 heteroatoms. The summed E-state index contributed by atoms with van der Waals surface area (Å²) in [5, 5.41) is 0. The molecule has 1 aromatic heterocycles. The van der Waals surface area contributed by atoms with Gasteiger partial charge in [-0.25, -0.2) is 4.39 Å². The molecule has 3 rings (SSSR count). The van der Waals surface area contributed by atoms with Gasteiger partial charge in [-0.15, -0.1) is 0 Å². The first-order valence-corrected chi connectivity index (χ1v) is 6.28. The summed E-state index contributed by atoms with van der Waals surface area (Å²) < 4.78 is 18.4. The fourth-order valence-corrected chi connectivity index (χ4v) is 2.48. The molecule has 0 aliphatic heterocycles. The maximum absolute atomic E-state index is 13.0. The number of aromatic nitrogens is 1. The average molecular weight is 255 g/mol. The Balaban J connectivity index is 2.11. The first kappa shape index (κ1) is 11.9. The molecule has 0 radical (unpaired) electrons. The number of halogens is 1. The molecule has 19 heavy (non-hydrogen) atoms. The SMILES string of the molecule is COc1ccnc2c1CCC=C2c1ccc(F)cc1. The van der Waals surface area contributed by atoms with Gasteiger partial charge < -0.3 is 4.74 Å². The van der Waals surface area contributed by atoms with Crippen molar-refractivity contribution >= 4 is 5.57 Å². The summed E-state index contributed by atoms with van der Waals surface area (Å²) in [7, 11) is 1.67. The number of nitrogens with zero attached hydrogens (tertiary/aromatic N) is 1. The molecular formula is C16H14FNO. The van der Waals surface area contributed by atoms with E-state index in [1.807, 2.05) is 6.07 Å². The van der Waals surface area contributed by atoms with E-state index in [1.54, 1.807) is 25.4 Å². The molecule has 0 unspecified atom stereocenters. The first-order valence-electron chi connectivity index (χ1n) is 6.28. The van der Waals surface area contributed by atoms with Crippen molar-refractivity contribution in [2.45, 2.75) is 12.8 Å². The van der Waals surface area contributed by atoms with Gasteiger partial charge >= 0.3 is 0 Å². The lowest BCUT2D eigenvalue weighted by molar-refractivity contribution is 0.408. The van der Waals surface area contributed by atoms with Gasteiger partial charge in [0.05, 0.1) is 12.8 Å². The highest BCUT2D eigenvalue weighted by molar-refractivity contribution is 5.81. The minimum atomic E-state index is -0.223. The van der Waals surface area contributed by atoms with Gasteiger partial charge in [-0.2, -0.15) is 0 Å². The lowest BCUT2D eigenvalue weighted by Crippen LogP contribution is -2.05. The summed E-state index contributed by atoms with van der Waals surface area (Å²) in [6.45, 7) is 0. The third kappa shape index (κ3) is 2.12. The van der Waals surface area contributed by atoms with Crippen LogP contribution in [0.5, 0.6) is 5.75 Å². The van der Waals surface area contributed by atoms with Crippen molar-refractivity contribution in [1.82, 2.24) is 4.98 Å². The molecule has 0 amide bonds. The zero-order chi connectivity index (χ0) is 13.2. The third-order valence-corrected chi connectivity index (χ3v) is 3.39. The van der Waals surface area contributed by atoms with E-state index >= 15 is 0 Å². The summed E-state index contributed by atoms with van der Waals surface area (Å²) in [6, 6.07) is 8.41. The number of rotatable bonds is 2. The van der Waals surface area contributed by atoms with Crippen molar-refractivity contribution in [2.24, 2.45) is 0 Å². The van der Waals surface area contributed by atoms with Crippen LogP contribution in [-0.2, 0) is 6.42 Å². The van der Waals surface area contributed by atoms with E-state index in [0.29, 0.717) is 0 Å². The number of allylic oxidation sites excluding steroid dienone is 1. The van der Waals surface area contributed by atoms with E-state index in [2.05, 4.69) is 11.1 Å². The zero-order valence-electron chi connectivity index (χ0n) is 10.7. The van der Waals surface area contributed by atoms with E-state index < -0.39 is 0 Å². The molecule has 1 aromatic carbocycles. The predicted octanol–water partition coefficient (Wildman–Crippen LogP) is 3.61. The van der Waals surface area contributed by atoms with E-state index in [1.165, 1.54) is 12.1 Å². The fraction of sp³-hybridized carbons (Fsp3) is 0.188. The Morgan fingerprint density at radius 3 is 2.68 bits per heavy atom. The Labute approximate surface area is 111 Å². The zero-order valence-corrected chi connectivity index (χ0v) is 10.7. The van der Waals surface area contributed by atoms with E-state index in [0.717, 1.165) is 41.0 Å². The standard InChI is InChI=1S/C16H14FNO/c1-19-15-9-10-18-16-13(3-2-4-14(15)16)11-5-7-12(17)8-6-11/h3,5-10H,2,4H2,1H3. The summed E-state index contributed by atoms with van der Waals surface area (Å²) in [6.07, 6.45) is 5.78. The normalized spacial score (nSPS) is 13.7. The number of methoxy groups -OCH3 is 1. The van der Waals surface area contributed by atoms with Gasteiger partial charge in [0.2, 0.25) is 0 Å². The van der Waals surface area contributed by atoms with Crippen LogP contribution in [0.1, 0.15) is 23.2 Å². The molecular weight excluding hydrogens is 241 g/mol. The van der Waals surface area contributed by atoms with Crippen molar-refractivity contribution in [3.05, 3.63) is 65.2 Å². The molecule has 2 aromatic rings. The van der Waals surface area contributed by atoms with Gasteiger partial charge in [0.15, 0.2) is 0 Å². The second kappa shape index (κ2) is 4.84. The highest BCUT2D eigenvalue weighted by Crippen LogP contribution is 2.34. The van der Waals surface area contributed by atoms with E-state index in [4.69, 9.17) is 4.74 Å². The lowest BCUT2D eigenvalue weighted by Gasteiger charge is -2.19. The number of hydrogen-bond donors (Lipinski definition) is 0. The van der Waals surface area contributed by atoms with Crippen LogP contribution in [-0.4, -0.2) is 12.1 Å². The highest BCUT2D eigenvalue weighted by atomic mass is 19.1. The van der Waals surface area contributed by atoms with Gasteiger partial charge in [-0.1, -0.05) is 18.2 Å². The van der Waals surface area contributed by atoms with E-state index in [9.17, 15) is 4.39 Å². The molecule has 2 nitrogen and oxygen atoms in total. The van der Waals surface area contributed by atoms with Gasteiger partial charge in [0, 0.05) is 17.3 Å². The second-order valence-electron chi connectivity index (χ2n) is 4.50. The number of benzene rings is 1. The van der Waals surface area contributed by atoms with Crippen molar-refractivity contribution < 1.29 is 9.13 Å². The van der Waals surface area contributed by atoms with Crippen LogP contribution in [0.2, 0.25) is 0 Å². The average Bonchev–Trinajstić information content (AvgIpc) is 2.47. The summed E-state index contributed by atoms with van der Waals surface area (Å²) in [4.78, 5) is 4.47. The largest absolute Gasteiger partial charge is 0.496 e. The van der Waals surface area contributed by atoms with Crippen LogP contribution in [0.25, 0.3) is 5.57 Å². The summed E-state index contributed by atoms with van der Waals surface area (Å²) >= 11 is 0. The highest BCUT2D eigenvalue weighted by Gasteiger charge is 2.18. The number of fused-ring (bicyclic) bond motifs is 1. The van der Waals surface area contributed by atoms with Gasteiger partial charge in [-0.3, -0.25) is 4.98 Å². The Morgan fingerprint density at radius 1 is 1.16 bits per heavy atom.